The lowest BCUT2D eigenvalue weighted by molar-refractivity contribution is 0.399. The van der Waals surface area contributed by atoms with Crippen molar-refractivity contribution in [1.82, 2.24) is 0 Å². The Kier molecular flexibility index (Phi) is 30.1. The number of allylic oxidation sites excluding steroid dienone is 3. The van der Waals surface area contributed by atoms with Crippen LogP contribution in [0, 0.1) is 6.92 Å². The molecule has 2 rings (SSSR count). The highest BCUT2D eigenvalue weighted by atomic mass is 127. The molecule has 0 fully saturated rings. The molecule has 0 aliphatic rings. The van der Waals surface area contributed by atoms with E-state index >= 15 is 0 Å². The third-order valence-electron chi connectivity index (χ3n) is 4.92. The highest BCUT2D eigenvalue weighted by Gasteiger charge is 2.00. The summed E-state index contributed by atoms with van der Waals surface area (Å²) in [4.78, 5) is 0. The van der Waals surface area contributed by atoms with E-state index in [0.29, 0.717) is 10.5 Å². The van der Waals surface area contributed by atoms with Gasteiger partial charge in [0.25, 0.3) is 0 Å². The molecule has 3 heteroatoms. The molecular weight excluding hydrogens is 583 g/mol. The van der Waals surface area contributed by atoms with E-state index in [2.05, 4.69) is 114 Å². The van der Waals surface area contributed by atoms with Crippen LogP contribution in [0.1, 0.15) is 85.8 Å². The monoisotopic (exact) mass is 640 g/mol. The van der Waals surface area contributed by atoms with Gasteiger partial charge in [-0.05, 0) is 89.2 Å². The van der Waals surface area contributed by atoms with Crippen LogP contribution < -0.4 is 0 Å². The van der Waals surface area contributed by atoms with E-state index in [0.717, 1.165) is 13.5 Å². The van der Waals surface area contributed by atoms with Gasteiger partial charge in [-0.15, -0.1) is 0 Å². The molecule has 0 spiro atoms. The summed E-state index contributed by atoms with van der Waals surface area (Å²) in [6.45, 7) is 23.1. The molecular formula is C34H57IOS. The van der Waals surface area contributed by atoms with Crippen LogP contribution in [0.3, 0.4) is 0 Å². The van der Waals surface area contributed by atoms with Crippen molar-refractivity contribution in [1.29, 1.82) is 0 Å². The molecule has 2 aromatic carbocycles. The molecule has 212 valence electrons. The second-order valence-electron chi connectivity index (χ2n) is 7.97. The Bertz CT molecular complexity index is 917. The Morgan fingerprint density at radius 3 is 1.89 bits per heavy atom. The van der Waals surface area contributed by atoms with E-state index in [1.807, 2.05) is 27.7 Å². The summed E-state index contributed by atoms with van der Waals surface area (Å²) in [6, 6.07) is 17.3. The van der Waals surface area contributed by atoms with Crippen molar-refractivity contribution >= 4 is 40.1 Å². The zero-order chi connectivity index (χ0) is 29.2. The van der Waals surface area contributed by atoms with Gasteiger partial charge in [-0.25, -0.2) is 0 Å². The number of halogens is 1. The van der Waals surface area contributed by atoms with E-state index < -0.39 is 0 Å². The maximum Gasteiger partial charge on any atom is 0.0319 e. The predicted octanol–water partition coefficient (Wildman–Crippen LogP) is 11.0. The van der Waals surface area contributed by atoms with Crippen LogP contribution in [-0.4, -0.2) is 33.6 Å². The van der Waals surface area contributed by atoms with E-state index in [-0.39, 0.29) is 20.7 Å². The van der Waals surface area contributed by atoms with Crippen molar-refractivity contribution in [3.63, 3.8) is 0 Å². The fourth-order valence-corrected chi connectivity index (χ4v) is 6.63. The van der Waals surface area contributed by atoms with Crippen LogP contribution in [-0.2, 0) is 6.42 Å². The molecule has 0 amide bonds. The Labute approximate surface area is 244 Å². The van der Waals surface area contributed by atoms with Gasteiger partial charge < -0.3 is 5.11 Å². The van der Waals surface area contributed by atoms with E-state index in [9.17, 15) is 0 Å². The molecule has 1 nitrogen and oxygen atoms in total. The summed E-state index contributed by atoms with van der Waals surface area (Å²) >= 11 is 0.0628. The lowest BCUT2D eigenvalue weighted by atomic mass is 9.99. The summed E-state index contributed by atoms with van der Waals surface area (Å²) in [5.41, 5.74) is 6.83. The first-order valence-electron chi connectivity index (χ1n) is 13.6. The standard InChI is InChI=1S/C15H16.C14H25IS.2C2H6.CH4O/c1-3-13-8-10-14(11-9-13)15-7-5-4-6-12(15)2;1-7-9-10-13(4)15-14(8-2)12(3)11-16(5)6;3*1-2/h4-11H,3H2,1-2H3;8,11H,2,7,9-10H2,1,3-6H3;2*1-2H3;2H,1H3/b;14-12+;;;. The first-order valence-corrected chi connectivity index (χ1v) is 17.9. The molecule has 0 aliphatic carbocycles. The van der Waals surface area contributed by atoms with Crippen LogP contribution in [0.4, 0.5) is 0 Å². The second-order valence-corrected chi connectivity index (χ2v) is 13.5. The highest BCUT2D eigenvalue weighted by molar-refractivity contribution is 14.2. The number of aryl methyl sites for hydroxylation is 2. The van der Waals surface area contributed by atoms with Gasteiger partial charge in [0.15, 0.2) is 0 Å². The smallest absolute Gasteiger partial charge is 0.0319 e. The SMILES string of the molecule is C=C/C(I=C(C)CCCC)=C(/C)C=S(C)C.CC.CC.CCc1ccc(-c2ccccc2C)cc1.CO. The first kappa shape index (κ1) is 40.2. The molecule has 37 heavy (non-hydrogen) atoms. The van der Waals surface area contributed by atoms with E-state index in [1.165, 1.54) is 50.7 Å². The molecule has 1 N–H and O–H groups in total. The van der Waals surface area contributed by atoms with Gasteiger partial charge in [-0.2, -0.15) is 10.5 Å². The van der Waals surface area contributed by atoms with Crippen molar-refractivity contribution < 1.29 is 5.11 Å². The van der Waals surface area contributed by atoms with Gasteiger partial charge in [-0.3, -0.25) is 0 Å². The summed E-state index contributed by atoms with van der Waals surface area (Å²) in [6.07, 6.45) is 11.6. The molecule has 0 bridgehead atoms. The van der Waals surface area contributed by atoms with E-state index in [1.54, 1.807) is 3.51 Å². The number of benzene rings is 2. The predicted molar refractivity (Wildman–Crippen MR) is 189 cm³/mol. The second kappa shape index (κ2) is 27.7. The zero-order valence-electron chi connectivity index (χ0n) is 26.0. The maximum absolute atomic E-state index is 7.00. The number of aliphatic hydroxyl groups is 1. The summed E-state index contributed by atoms with van der Waals surface area (Å²) in [5.74, 6) is 0. The lowest BCUT2D eigenvalue weighted by Gasteiger charge is -2.06. The van der Waals surface area contributed by atoms with Gasteiger partial charge in [0, 0.05) is 10.7 Å². The van der Waals surface area contributed by atoms with Gasteiger partial charge in [-0.1, -0.05) is 130 Å². The number of rotatable bonds is 8. The third kappa shape index (κ3) is 19.4. The molecule has 0 saturated carbocycles. The fraction of sp³-hybridized carbons (Fsp3) is 0.471. The minimum absolute atomic E-state index is 0.0628. The van der Waals surface area contributed by atoms with Crippen LogP contribution in [0.25, 0.3) is 11.1 Å². The minimum Gasteiger partial charge on any atom is -0.400 e. The zero-order valence-corrected chi connectivity index (χ0v) is 29.0. The molecule has 0 aromatic heterocycles. The Balaban J connectivity index is -0.000000519. The Morgan fingerprint density at radius 1 is 0.919 bits per heavy atom. The summed E-state index contributed by atoms with van der Waals surface area (Å²) in [7, 11) is 1.39. The van der Waals surface area contributed by atoms with Crippen LogP contribution in [0.15, 0.2) is 70.3 Å². The Morgan fingerprint density at radius 2 is 1.46 bits per heavy atom. The normalized spacial score (nSPS) is 10.8. The lowest BCUT2D eigenvalue weighted by Crippen LogP contribution is -1.88. The average molecular weight is 641 g/mol. The van der Waals surface area contributed by atoms with Crippen LogP contribution in [0.5, 0.6) is 0 Å². The van der Waals surface area contributed by atoms with Crippen molar-refractivity contribution in [2.75, 3.05) is 19.6 Å². The highest BCUT2D eigenvalue weighted by Crippen LogP contribution is 2.24. The molecule has 0 atom stereocenters. The molecule has 0 saturated heterocycles. The van der Waals surface area contributed by atoms with Crippen molar-refractivity contribution in [2.24, 2.45) is 0 Å². The summed E-state index contributed by atoms with van der Waals surface area (Å²) in [5, 5.41) is 9.38. The fourth-order valence-electron chi connectivity index (χ4n) is 3.14. The third-order valence-corrected chi connectivity index (χ3v) is 9.08. The first-order chi connectivity index (χ1) is 17.8. The van der Waals surface area contributed by atoms with Crippen molar-refractivity contribution in [3.05, 3.63) is 81.5 Å². The van der Waals surface area contributed by atoms with Crippen LogP contribution in [0.2, 0.25) is 0 Å². The molecule has 2 aromatic rings. The topological polar surface area (TPSA) is 20.2 Å². The number of hydrogen-bond acceptors (Lipinski definition) is 1. The molecule has 0 radical (unpaired) electrons. The molecule has 0 aliphatic heterocycles. The number of hydrogen-bond donors (Lipinski definition) is 1. The molecule has 0 unspecified atom stereocenters. The average Bonchev–Trinajstić information content (AvgIpc) is 2.94. The largest absolute Gasteiger partial charge is 0.400 e. The van der Waals surface area contributed by atoms with Gasteiger partial charge in [0.05, 0.1) is 0 Å². The van der Waals surface area contributed by atoms with Crippen LogP contribution >= 0.6 is 31.2 Å². The maximum atomic E-state index is 7.00. The van der Waals surface area contributed by atoms with Crippen molar-refractivity contribution in [3.8, 4) is 11.1 Å². The van der Waals surface area contributed by atoms with Gasteiger partial charge >= 0.3 is 0 Å². The number of aliphatic hydroxyl groups excluding tert-OH is 1. The molecule has 0 heterocycles. The minimum atomic E-state index is 0.0628. The van der Waals surface area contributed by atoms with Gasteiger partial charge in [0.1, 0.15) is 0 Å². The van der Waals surface area contributed by atoms with Gasteiger partial charge in [0.2, 0.25) is 0 Å². The summed E-state index contributed by atoms with van der Waals surface area (Å²) < 4.78 is 3.20. The van der Waals surface area contributed by atoms with Crippen molar-refractivity contribution in [2.45, 2.75) is 88.0 Å². The van der Waals surface area contributed by atoms with E-state index in [4.69, 9.17) is 5.11 Å². The quantitative estimate of drug-likeness (QED) is 0.132. The Hall–Kier alpha value is -1.30. The number of unbranched alkanes of at least 4 members (excludes halogenated alkanes) is 1.